The molecule has 17 heavy (non-hydrogen) atoms. The first kappa shape index (κ1) is 11.9. The molecule has 0 aliphatic carbocycles. The summed E-state index contributed by atoms with van der Waals surface area (Å²) in [5.74, 6) is 0.831. The number of aromatic nitrogens is 2. The van der Waals surface area contributed by atoms with Gasteiger partial charge in [-0.15, -0.1) is 0 Å². The Kier molecular flexibility index (Phi) is 3.28. The van der Waals surface area contributed by atoms with Gasteiger partial charge in [0, 0.05) is 6.20 Å². The van der Waals surface area contributed by atoms with Gasteiger partial charge in [0.25, 0.3) is 5.56 Å². The van der Waals surface area contributed by atoms with Gasteiger partial charge < -0.3 is 5.11 Å². The van der Waals surface area contributed by atoms with E-state index in [0.717, 1.165) is 5.56 Å². The summed E-state index contributed by atoms with van der Waals surface area (Å²) >= 11 is 3.16. The first-order chi connectivity index (χ1) is 8.08. The average molecular weight is 295 g/mol. The summed E-state index contributed by atoms with van der Waals surface area (Å²) in [5.41, 5.74) is 0.732. The maximum absolute atomic E-state index is 11.9. The molecule has 0 aliphatic rings. The van der Waals surface area contributed by atoms with Crippen LogP contribution in [0.1, 0.15) is 11.4 Å². The topological polar surface area (TPSA) is 55.1 Å². The van der Waals surface area contributed by atoms with Crippen LogP contribution in [0.3, 0.4) is 0 Å². The minimum atomic E-state index is -0.124. The molecule has 4 nitrogen and oxygen atoms in total. The molecule has 2 rings (SSSR count). The van der Waals surface area contributed by atoms with Gasteiger partial charge in [-0.25, -0.2) is 4.98 Å². The Hall–Kier alpha value is -1.62. The highest BCUT2D eigenvalue weighted by molar-refractivity contribution is 9.10. The van der Waals surface area contributed by atoms with Crippen molar-refractivity contribution in [3.63, 3.8) is 0 Å². The van der Waals surface area contributed by atoms with E-state index in [-0.39, 0.29) is 11.3 Å². The molecule has 5 heteroatoms. The molecule has 0 fully saturated rings. The van der Waals surface area contributed by atoms with Crippen LogP contribution in [0.5, 0.6) is 5.75 Å². The van der Waals surface area contributed by atoms with E-state index < -0.39 is 0 Å². The molecule has 0 bridgehead atoms. The van der Waals surface area contributed by atoms with Crippen LogP contribution in [0.4, 0.5) is 0 Å². The number of aromatic hydroxyl groups is 1. The maximum atomic E-state index is 11.9. The lowest BCUT2D eigenvalue weighted by Crippen LogP contribution is -2.24. The van der Waals surface area contributed by atoms with Gasteiger partial charge in [-0.05, 0) is 40.5 Å². The fraction of sp³-hybridized carbons (Fsp3) is 0.167. The molecule has 0 saturated carbocycles. The summed E-state index contributed by atoms with van der Waals surface area (Å²) in [5, 5.41) is 9.37. The highest BCUT2D eigenvalue weighted by Gasteiger charge is 2.06. The molecular formula is C12H11BrN2O2. The fourth-order valence-electron chi connectivity index (χ4n) is 1.57. The number of rotatable bonds is 2. The first-order valence-corrected chi connectivity index (χ1v) is 5.87. The normalized spacial score (nSPS) is 10.5. The van der Waals surface area contributed by atoms with Crippen LogP contribution >= 0.6 is 15.9 Å². The van der Waals surface area contributed by atoms with Gasteiger partial charge >= 0.3 is 0 Å². The molecule has 2 aromatic rings. The van der Waals surface area contributed by atoms with Gasteiger partial charge in [0.15, 0.2) is 0 Å². The molecule has 88 valence electrons. The molecule has 0 saturated heterocycles. The minimum absolute atomic E-state index is 0.124. The molecule has 0 aliphatic heterocycles. The van der Waals surface area contributed by atoms with Gasteiger partial charge in [-0.1, -0.05) is 12.1 Å². The van der Waals surface area contributed by atoms with E-state index in [1.165, 1.54) is 6.20 Å². The standard InChI is InChI=1S/C12H11BrN2O2/c1-8-14-6-11(13)12(17)15(8)7-9-3-2-4-10(16)5-9/h2-6,16H,7H2,1H3. The number of benzene rings is 1. The Labute approximate surface area is 107 Å². The van der Waals surface area contributed by atoms with Gasteiger partial charge in [-0.2, -0.15) is 0 Å². The van der Waals surface area contributed by atoms with Crippen LogP contribution in [-0.4, -0.2) is 14.7 Å². The van der Waals surface area contributed by atoms with Crippen molar-refractivity contribution in [1.29, 1.82) is 0 Å². The van der Waals surface area contributed by atoms with E-state index in [9.17, 15) is 9.90 Å². The Morgan fingerprint density at radius 1 is 1.47 bits per heavy atom. The van der Waals surface area contributed by atoms with Crippen molar-refractivity contribution in [2.75, 3.05) is 0 Å². The SMILES string of the molecule is Cc1ncc(Br)c(=O)n1Cc1cccc(O)c1. The largest absolute Gasteiger partial charge is 0.508 e. The Morgan fingerprint density at radius 3 is 2.94 bits per heavy atom. The van der Waals surface area contributed by atoms with Crippen LogP contribution in [-0.2, 0) is 6.54 Å². The number of phenolic OH excluding ortho intramolecular Hbond substituents is 1. The van der Waals surface area contributed by atoms with E-state index in [4.69, 9.17) is 0 Å². The van der Waals surface area contributed by atoms with Crippen LogP contribution < -0.4 is 5.56 Å². The zero-order chi connectivity index (χ0) is 12.4. The second-order valence-electron chi connectivity index (χ2n) is 3.71. The summed E-state index contributed by atoms with van der Waals surface area (Å²) in [4.78, 5) is 16.0. The monoisotopic (exact) mass is 294 g/mol. The highest BCUT2D eigenvalue weighted by atomic mass is 79.9. The molecule has 0 amide bonds. The van der Waals surface area contributed by atoms with Gasteiger partial charge in [0.1, 0.15) is 16.0 Å². The zero-order valence-corrected chi connectivity index (χ0v) is 10.8. The number of nitrogens with zero attached hydrogens (tertiary/aromatic N) is 2. The van der Waals surface area contributed by atoms with Crippen molar-refractivity contribution in [2.24, 2.45) is 0 Å². The molecule has 1 aromatic carbocycles. The minimum Gasteiger partial charge on any atom is -0.508 e. The third kappa shape index (κ3) is 2.55. The number of phenols is 1. The van der Waals surface area contributed by atoms with Crippen molar-refractivity contribution in [3.8, 4) is 5.75 Å². The van der Waals surface area contributed by atoms with E-state index in [2.05, 4.69) is 20.9 Å². The number of halogens is 1. The molecular weight excluding hydrogens is 284 g/mol. The molecule has 0 spiro atoms. The van der Waals surface area contributed by atoms with Gasteiger partial charge in [-0.3, -0.25) is 9.36 Å². The zero-order valence-electron chi connectivity index (χ0n) is 9.22. The van der Waals surface area contributed by atoms with Gasteiger partial charge in [0.05, 0.1) is 6.54 Å². The summed E-state index contributed by atoms with van der Waals surface area (Å²) in [6, 6.07) is 6.83. The number of hydrogen-bond acceptors (Lipinski definition) is 3. The number of hydrogen-bond donors (Lipinski definition) is 1. The Bertz CT molecular complexity index is 608. The molecule has 0 atom stereocenters. The first-order valence-electron chi connectivity index (χ1n) is 5.08. The van der Waals surface area contributed by atoms with E-state index in [0.29, 0.717) is 16.8 Å². The maximum Gasteiger partial charge on any atom is 0.268 e. The van der Waals surface area contributed by atoms with Crippen molar-refractivity contribution in [2.45, 2.75) is 13.5 Å². The molecule has 0 radical (unpaired) electrons. The second kappa shape index (κ2) is 4.71. The molecule has 1 heterocycles. The van der Waals surface area contributed by atoms with Crippen LogP contribution in [0.15, 0.2) is 39.7 Å². The Balaban J connectivity index is 2.43. The van der Waals surface area contributed by atoms with E-state index in [1.54, 1.807) is 29.7 Å². The van der Waals surface area contributed by atoms with Crippen LogP contribution in [0.25, 0.3) is 0 Å². The predicted molar refractivity (Wildman–Crippen MR) is 68.1 cm³/mol. The van der Waals surface area contributed by atoms with E-state index >= 15 is 0 Å². The lowest BCUT2D eigenvalue weighted by Gasteiger charge is -2.09. The lowest BCUT2D eigenvalue weighted by molar-refractivity contribution is 0.474. The van der Waals surface area contributed by atoms with Crippen LogP contribution in [0, 0.1) is 6.92 Å². The fourth-order valence-corrected chi connectivity index (χ4v) is 1.89. The quantitative estimate of drug-likeness (QED) is 0.922. The van der Waals surface area contributed by atoms with Crippen molar-refractivity contribution in [3.05, 3.63) is 56.7 Å². The lowest BCUT2D eigenvalue weighted by atomic mass is 10.2. The van der Waals surface area contributed by atoms with E-state index in [1.807, 2.05) is 6.07 Å². The summed E-state index contributed by atoms with van der Waals surface area (Å²) in [7, 11) is 0. The third-order valence-corrected chi connectivity index (χ3v) is 3.00. The molecule has 0 unspecified atom stereocenters. The van der Waals surface area contributed by atoms with Crippen molar-refractivity contribution in [1.82, 2.24) is 9.55 Å². The average Bonchev–Trinajstić information content (AvgIpc) is 2.30. The predicted octanol–water partition coefficient (Wildman–Crippen LogP) is 2.07. The summed E-state index contributed by atoms with van der Waals surface area (Å²) in [6.07, 6.45) is 1.50. The highest BCUT2D eigenvalue weighted by Crippen LogP contribution is 2.12. The molecule has 1 N–H and O–H groups in total. The Morgan fingerprint density at radius 2 is 2.24 bits per heavy atom. The summed E-state index contributed by atoms with van der Waals surface area (Å²) in [6.45, 7) is 2.17. The number of aryl methyl sites for hydroxylation is 1. The smallest absolute Gasteiger partial charge is 0.268 e. The van der Waals surface area contributed by atoms with Crippen LogP contribution in [0.2, 0.25) is 0 Å². The third-order valence-electron chi connectivity index (χ3n) is 2.46. The molecule has 1 aromatic heterocycles. The van der Waals surface area contributed by atoms with Crippen molar-refractivity contribution >= 4 is 15.9 Å². The van der Waals surface area contributed by atoms with Crippen molar-refractivity contribution < 1.29 is 5.11 Å². The summed E-state index contributed by atoms with van der Waals surface area (Å²) < 4.78 is 1.99. The van der Waals surface area contributed by atoms with Gasteiger partial charge in [0.2, 0.25) is 0 Å². The second-order valence-corrected chi connectivity index (χ2v) is 4.57.